The molecule has 112 valence electrons. The third kappa shape index (κ3) is 3.51. The zero-order chi connectivity index (χ0) is 14.5. The zero-order valence-corrected chi connectivity index (χ0v) is 12.8. The van der Waals surface area contributed by atoms with E-state index in [2.05, 4.69) is 30.0 Å². The highest BCUT2D eigenvalue weighted by Crippen LogP contribution is 2.24. The van der Waals surface area contributed by atoms with Gasteiger partial charge in [0, 0.05) is 32.8 Å². The molecule has 1 aromatic rings. The number of hydrogen-bond donors (Lipinski definition) is 1. The largest absolute Gasteiger partial charge is 0.496 e. The van der Waals surface area contributed by atoms with Gasteiger partial charge in [0.2, 0.25) is 0 Å². The van der Waals surface area contributed by atoms with Gasteiger partial charge in [0.05, 0.1) is 13.2 Å². The standard InChI is InChI=1S/C16H26N2O2/c1-12-4-5-13(8-16(12)20-3)11-18-7-6-15(19-2)9-14(18)10-17/h4-5,8,14-15H,6-7,9-11,17H2,1-3H3. The quantitative estimate of drug-likeness (QED) is 0.894. The highest BCUT2D eigenvalue weighted by molar-refractivity contribution is 5.36. The molecule has 2 N–H and O–H groups in total. The molecule has 0 aliphatic carbocycles. The fourth-order valence-corrected chi connectivity index (χ4v) is 2.93. The summed E-state index contributed by atoms with van der Waals surface area (Å²) in [6.07, 6.45) is 2.46. The Morgan fingerprint density at radius 3 is 2.80 bits per heavy atom. The normalized spacial score (nSPS) is 23.8. The maximum atomic E-state index is 5.92. The molecule has 4 nitrogen and oxygen atoms in total. The van der Waals surface area contributed by atoms with Crippen molar-refractivity contribution in [2.75, 3.05) is 27.3 Å². The summed E-state index contributed by atoms with van der Waals surface area (Å²) in [5, 5.41) is 0. The molecule has 0 saturated carbocycles. The van der Waals surface area contributed by atoms with Gasteiger partial charge in [-0.25, -0.2) is 0 Å². The first-order valence-electron chi connectivity index (χ1n) is 7.28. The molecule has 0 aromatic heterocycles. The van der Waals surface area contributed by atoms with Crippen LogP contribution in [0.2, 0.25) is 0 Å². The predicted octanol–water partition coefficient (Wildman–Crippen LogP) is 1.94. The summed E-state index contributed by atoms with van der Waals surface area (Å²) >= 11 is 0. The Morgan fingerprint density at radius 2 is 2.15 bits per heavy atom. The molecule has 4 heteroatoms. The van der Waals surface area contributed by atoms with Crippen LogP contribution in [-0.4, -0.2) is 44.4 Å². The first-order valence-corrected chi connectivity index (χ1v) is 7.28. The van der Waals surface area contributed by atoms with Gasteiger partial charge in [-0.1, -0.05) is 12.1 Å². The summed E-state index contributed by atoms with van der Waals surface area (Å²) in [4.78, 5) is 2.46. The van der Waals surface area contributed by atoms with Crippen molar-refractivity contribution in [3.05, 3.63) is 29.3 Å². The second-order valence-electron chi connectivity index (χ2n) is 5.55. The van der Waals surface area contributed by atoms with Crippen LogP contribution in [0, 0.1) is 6.92 Å². The molecule has 0 spiro atoms. The summed E-state index contributed by atoms with van der Waals surface area (Å²) in [5.74, 6) is 0.957. The monoisotopic (exact) mass is 278 g/mol. The number of methoxy groups -OCH3 is 2. The van der Waals surface area contributed by atoms with Gasteiger partial charge in [0.25, 0.3) is 0 Å². The van der Waals surface area contributed by atoms with E-state index in [1.54, 1.807) is 14.2 Å². The van der Waals surface area contributed by atoms with Crippen LogP contribution < -0.4 is 10.5 Å². The molecule has 1 aromatic carbocycles. The van der Waals surface area contributed by atoms with Gasteiger partial charge in [-0.05, 0) is 37.0 Å². The Morgan fingerprint density at radius 1 is 1.35 bits per heavy atom. The third-order valence-corrected chi connectivity index (χ3v) is 4.25. The Balaban J connectivity index is 2.05. The summed E-state index contributed by atoms with van der Waals surface area (Å²) in [6, 6.07) is 6.83. The number of benzene rings is 1. The van der Waals surface area contributed by atoms with E-state index in [-0.39, 0.29) is 0 Å². The first kappa shape index (κ1) is 15.3. The predicted molar refractivity (Wildman–Crippen MR) is 81.0 cm³/mol. The molecule has 20 heavy (non-hydrogen) atoms. The van der Waals surface area contributed by atoms with Gasteiger partial charge in [-0.2, -0.15) is 0 Å². The first-order chi connectivity index (χ1) is 9.67. The average molecular weight is 278 g/mol. The van der Waals surface area contributed by atoms with Gasteiger partial charge in [0.1, 0.15) is 5.75 Å². The fourth-order valence-electron chi connectivity index (χ4n) is 2.93. The molecule has 1 aliphatic rings. The highest BCUT2D eigenvalue weighted by Gasteiger charge is 2.27. The number of piperidine rings is 1. The summed E-state index contributed by atoms with van der Waals surface area (Å²) in [5.41, 5.74) is 8.37. The van der Waals surface area contributed by atoms with Crippen molar-refractivity contribution in [2.45, 2.75) is 38.5 Å². The van der Waals surface area contributed by atoms with Gasteiger partial charge in [-0.15, -0.1) is 0 Å². The van der Waals surface area contributed by atoms with Crippen molar-refractivity contribution in [1.82, 2.24) is 4.90 Å². The molecule has 0 bridgehead atoms. The number of hydrogen-bond acceptors (Lipinski definition) is 4. The summed E-state index contributed by atoms with van der Waals surface area (Å²) in [6.45, 7) is 4.71. The van der Waals surface area contributed by atoms with E-state index in [0.717, 1.165) is 31.7 Å². The van der Waals surface area contributed by atoms with Gasteiger partial charge < -0.3 is 15.2 Å². The van der Waals surface area contributed by atoms with Crippen molar-refractivity contribution in [3.8, 4) is 5.75 Å². The van der Waals surface area contributed by atoms with Crippen molar-refractivity contribution >= 4 is 0 Å². The highest BCUT2D eigenvalue weighted by atomic mass is 16.5. The number of ether oxygens (including phenoxy) is 2. The number of nitrogens with two attached hydrogens (primary N) is 1. The Labute approximate surface area is 121 Å². The maximum absolute atomic E-state index is 5.92. The number of nitrogens with zero attached hydrogens (tertiary/aromatic N) is 1. The third-order valence-electron chi connectivity index (χ3n) is 4.25. The lowest BCUT2D eigenvalue weighted by molar-refractivity contribution is 0.0102. The number of likely N-dealkylation sites (tertiary alicyclic amines) is 1. The molecule has 1 aliphatic heterocycles. The van der Waals surface area contributed by atoms with Crippen molar-refractivity contribution in [3.63, 3.8) is 0 Å². The lowest BCUT2D eigenvalue weighted by atomic mass is 9.98. The second-order valence-corrected chi connectivity index (χ2v) is 5.55. The lowest BCUT2D eigenvalue weighted by Gasteiger charge is -2.38. The lowest BCUT2D eigenvalue weighted by Crippen LogP contribution is -2.47. The van der Waals surface area contributed by atoms with Crippen LogP contribution in [0.25, 0.3) is 0 Å². The molecule has 1 fully saturated rings. The van der Waals surface area contributed by atoms with E-state index in [1.807, 2.05) is 0 Å². The SMILES string of the molecule is COc1cc(CN2CCC(OC)CC2CN)ccc1C. The molecule has 0 amide bonds. The van der Waals surface area contributed by atoms with Crippen molar-refractivity contribution in [1.29, 1.82) is 0 Å². The van der Waals surface area contributed by atoms with E-state index >= 15 is 0 Å². The van der Waals surface area contributed by atoms with Crippen molar-refractivity contribution < 1.29 is 9.47 Å². The molecule has 1 saturated heterocycles. The van der Waals surface area contributed by atoms with E-state index < -0.39 is 0 Å². The van der Waals surface area contributed by atoms with Crippen LogP contribution in [0.1, 0.15) is 24.0 Å². The maximum Gasteiger partial charge on any atom is 0.122 e. The van der Waals surface area contributed by atoms with Gasteiger partial charge in [-0.3, -0.25) is 4.90 Å². The van der Waals surface area contributed by atoms with Crippen LogP contribution in [0.5, 0.6) is 5.75 Å². The summed E-state index contributed by atoms with van der Waals surface area (Å²) in [7, 11) is 3.51. The Kier molecular flexibility index (Phi) is 5.40. The summed E-state index contributed by atoms with van der Waals surface area (Å²) < 4.78 is 10.9. The topological polar surface area (TPSA) is 47.7 Å². The van der Waals surface area contributed by atoms with Crippen LogP contribution in [0.3, 0.4) is 0 Å². The van der Waals surface area contributed by atoms with Crippen LogP contribution in [-0.2, 0) is 11.3 Å². The smallest absolute Gasteiger partial charge is 0.122 e. The van der Waals surface area contributed by atoms with Gasteiger partial charge in [0.15, 0.2) is 0 Å². The molecular weight excluding hydrogens is 252 g/mol. The second kappa shape index (κ2) is 7.07. The van der Waals surface area contributed by atoms with E-state index in [9.17, 15) is 0 Å². The molecule has 2 rings (SSSR count). The molecule has 1 heterocycles. The Bertz CT molecular complexity index is 436. The average Bonchev–Trinajstić information content (AvgIpc) is 2.49. The van der Waals surface area contributed by atoms with Crippen molar-refractivity contribution in [2.24, 2.45) is 5.73 Å². The minimum absolute atomic E-state index is 0.354. The minimum atomic E-state index is 0.354. The van der Waals surface area contributed by atoms with E-state index in [4.69, 9.17) is 15.2 Å². The zero-order valence-electron chi connectivity index (χ0n) is 12.8. The van der Waals surface area contributed by atoms with Crippen LogP contribution in [0.15, 0.2) is 18.2 Å². The number of aryl methyl sites for hydroxylation is 1. The molecule has 2 atom stereocenters. The molecule has 0 radical (unpaired) electrons. The molecule has 2 unspecified atom stereocenters. The molecular formula is C16H26N2O2. The number of rotatable bonds is 5. The minimum Gasteiger partial charge on any atom is -0.496 e. The van der Waals surface area contributed by atoms with Crippen LogP contribution >= 0.6 is 0 Å². The van der Waals surface area contributed by atoms with Gasteiger partial charge >= 0.3 is 0 Å². The van der Waals surface area contributed by atoms with Crippen LogP contribution in [0.4, 0.5) is 0 Å². The van der Waals surface area contributed by atoms with E-state index in [0.29, 0.717) is 18.7 Å². The fraction of sp³-hybridized carbons (Fsp3) is 0.625. The Hall–Kier alpha value is -1.10. The van der Waals surface area contributed by atoms with E-state index in [1.165, 1.54) is 11.1 Å².